The van der Waals surface area contributed by atoms with Gasteiger partial charge < -0.3 is 4.74 Å². The normalized spacial score (nSPS) is 16.2. The van der Waals surface area contributed by atoms with Gasteiger partial charge >= 0.3 is 0 Å². The molecule has 3 aromatic heterocycles. The maximum atomic E-state index is 12.9. The van der Waals surface area contributed by atoms with Crippen LogP contribution in [0.25, 0.3) is 11.3 Å². The summed E-state index contributed by atoms with van der Waals surface area (Å²) >= 11 is 1.69. The molecule has 0 spiro atoms. The Labute approximate surface area is 149 Å². The van der Waals surface area contributed by atoms with E-state index in [1.165, 1.54) is 23.4 Å². The zero-order chi connectivity index (χ0) is 17.1. The minimum Gasteiger partial charge on any atom is -0.489 e. The van der Waals surface area contributed by atoms with Gasteiger partial charge in [-0.1, -0.05) is 0 Å². The number of piperidine rings is 1. The second-order valence-electron chi connectivity index (χ2n) is 6.19. The second kappa shape index (κ2) is 7.33. The molecule has 5 nitrogen and oxygen atoms in total. The van der Waals surface area contributed by atoms with Crippen molar-refractivity contribution in [3.8, 4) is 17.0 Å². The van der Waals surface area contributed by atoms with Crippen molar-refractivity contribution in [3.05, 3.63) is 52.9 Å². The van der Waals surface area contributed by atoms with Gasteiger partial charge in [0.05, 0.1) is 18.1 Å². The first-order valence-corrected chi connectivity index (χ1v) is 9.27. The highest BCUT2D eigenvalue weighted by molar-refractivity contribution is 7.08. The topological polar surface area (TPSA) is 54.0 Å². The van der Waals surface area contributed by atoms with Gasteiger partial charge in [0.15, 0.2) is 0 Å². The lowest BCUT2D eigenvalue weighted by molar-refractivity contribution is 0.0964. The Bertz CT molecular complexity index is 795. The van der Waals surface area contributed by atoms with E-state index in [1.54, 1.807) is 17.4 Å². The van der Waals surface area contributed by atoms with Crippen molar-refractivity contribution in [2.24, 2.45) is 0 Å². The predicted octanol–water partition coefficient (Wildman–Crippen LogP) is 3.72. The number of aromatic nitrogens is 3. The van der Waals surface area contributed by atoms with Crippen molar-refractivity contribution < 1.29 is 9.13 Å². The smallest absolute Gasteiger partial charge is 0.213 e. The van der Waals surface area contributed by atoms with E-state index in [9.17, 15) is 4.39 Å². The van der Waals surface area contributed by atoms with E-state index in [2.05, 4.69) is 36.9 Å². The fourth-order valence-electron chi connectivity index (χ4n) is 3.14. The molecule has 1 aliphatic rings. The molecule has 0 bridgehead atoms. The molecule has 1 N–H and O–H groups in total. The molecular formula is C18H19FN4OS. The Morgan fingerprint density at radius 2 is 2.12 bits per heavy atom. The van der Waals surface area contributed by atoms with Crippen molar-refractivity contribution in [3.63, 3.8) is 0 Å². The third-order valence-electron chi connectivity index (χ3n) is 4.46. The number of hydrogen-bond donors (Lipinski definition) is 1. The number of nitrogens with zero attached hydrogens (tertiary/aromatic N) is 3. The van der Waals surface area contributed by atoms with Gasteiger partial charge in [0.25, 0.3) is 0 Å². The number of H-pyrrole nitrogens is 1. The molecule has 1 aliphatic heterocycles. The fourth-order valence-corrected chi connectivity index (χ4v) is 3.78. The van der Waals surface area contributed by atoms with Crippen molar-refractivity contribution >= 4 is 11.3 Å². The molecule has 0 saturated carbocycles. The number of likely N-dealkylation sites (tertiary alicyclic amines) is 1. The molecule has 4 rings (SSSR count). The van der Waals surface area contributed by atoms with Crippen LogP contribution in [0.4, 0.5) is 4.39 Å². The molecule has 3 aromatic rings. The standard InChI is InChI=1S/C18H19FN4OS/c19-17-2-1-16(10-20-17)24-15-3-6-23(7-4-15)11-14-9-21-22-18(14)13-5-8-25-12-13/h1-2,5,8-10,12,15H,3-4,6-7,11H2,(H,21,22). The lowest BCUT2D eigenvalue weighted by Crippen LogP contribution is -2.37. The Kier molecular flexibility index (Phi) is 4.76. The highest BCUT2D eigenvalue weighted by atomic mass is 32.1. The number of halogens is 1. The molecule has 0 aliphatic carbocycles. The van der Waals surface area contributed by atoms with Crippen LogP contribution in [0.5, 0.6) is 5.75 Å². The van der Waals surface area contributed by atoms with Crippen LogP contribution in [-0.4, -0.2) is 39.3 Å². The van der Waals surface area contributed by atoms with Gasteiger partial charge in [-0.2, -0.15) is 20.8 Å². The molecule has 1 fully saturated rings. The van der Waals surface area contributed by atoms with Crippen molar-refractivity contribution in [1.82, 2.24) is 20.1 Å². The van der Waals surface area contributed by atoms with Crippen molar-refractivity contribution in [2.45, 2.75) is 25.5 Å². The number of nitrogens with one attached hydrogen (secondary N) is 1. The first-order valence-electron chi connectivity index (χ1n) is 8.33. The van der Waals surface area contributed by atoms with Crippen LogP contribution < -0.4 is 4.74 Å². The molecule has 0 unspecified atom stereocenters. The van der Waals surface area contributed by atoms with Crippen molar-refractivity contribution in [2.75, 3.05) is 13.1 Å². The van der Waals surface area contributed by atoms with Gasteiger partial charge in [0, 0.05) is 36.1 Å². The highest BCUT2D eigenvalue weighted by Gasteiger charge is 2.22. The molecule has 0 atom stereocenters. The summed E-state index contributed by atoms with van der Waals surface area (Å²) in [5.74, 6) is 0.151. The van der Waals surface area contributed by atoms with Gasteiger partial charge in [0.1, 0.15) is 11.9 Å². The van der Waals surface area contributed by atoms with Crippen LogP contribution in [0.15, 0.2) is 41.4 Å². The number of thiophene rings is 1. The summed E-state index contributed by atoms with van der Waals surface area (Å²) in [5.41, 5.74) is 3.53. The monoisotopic (exact) mass is 358 g/mol. The van der Waals surface area contributed by atoms with Gasteiger partial charge in [-0.25, -0.2) is 4.98 Å². The number of ether oxygens (including phenoxy) is 1. The van der Waals surface area contributed by atoms with Gasteiger partial charge in [0.2, 0.25) is 5.95 Å². The summed E-state index contributed by atoms with van der Waals surface area (Å²) in [6.45, 7) is 2.81. The van der Waals surface area contributed by atoms with Crippen molar-refractivity contribution in [1.29, 1.82) is 0 Å². The molecule has 4 heterocycles. The van der Waals surface area contributed by atoms with E-state index >= 15 is 0 Å². The molecule has 0 amide bonds. The molecule has 0 radical (unpaired) electrons. The molecule has 130 valence electrons. The van der Waals surface area contributed by atoms with Crippen LogP contribution in [0, 0.1) is 5.95 Å². The molecule has 1 saturated heterocycles. The minimum atomic E-state index is -0.483. The predicted molar refractivity (Wildman–Crippen MR) is 95.0 cm³/mol. The van der Waals surface area contributed by atoms with Gasteiger partial charge in [-0.3, -0.25) is 10.00 Å². The Balaban J connectivity index is 1.32. The van der Waals surface area contributed by atoms with E-state index in [1.807, 2.05) is 6.20 Å². The van der Waals surface area contributed by atoms with E-state index in [0.717, 1.165) is 38.2 Å². The third-order valence-corrected chi connectivity index (χ3v) is 5.14. The highest BCUT2D eigenvalue weighted by Crippen LogP contribution is 2.26. The van der Waals surface area contributed by atoms with Crippen LogP contribution >= 0.6 is 11.3 Å². The number of hydrogen-bond acceptors (Lipinski definition) is 5. The maximum absolute atomic E-state index is 12.9. The van der Waals surface area contributed by atoms with Gasteiger partial charge in [-0.05, 0) is 36.4 Å². The average molecular weight is 358 g/mol. The summed E-state index contributed by atoms with van der Waals surface area (Å²) in [7, 11) is 0. The van der Waals surface area contributed by atoms with E-state index in [4.69, 9.17) is 4.74 Å². The first-order chi connectivity index (χ1) is 12.3. The van der Waals surface area contributed by atoms with Crippen LogP contribution in [0.3, 0.4) is 0 Å². The Morgan fingerprint density at radius 3 is 2.84 bits per heavy atom. The van der Waals surface area contributed by atoms with Crippen LogP contribution in [-0.2, 0) is 6.54 Å². The minimum absolute atomic E-state index is 0.157. The van der Waals surface area contributed by atoms with Crippen LogP contribution in [0.1, 0.15) is 18.4 Å². The molecule has 25 heavy (non-hydrogen) atoms. The molecule has 7 heteroatoms. The first kappa shape index (κ1) is 16.2. The lowest BCUT2D eigenvalue weighted by atomic mass is 10.1. The number of aromatic amines is 1. The fraction of sp³-hybridized carbons (Fsp3) is 0.333. The summed E-state index contributed by atoms with van der Waals surface area (Å²) in [4.78, 5) is 6.05. The summed E-state index contributed by atoms with van der Waals surface area (Å²) in [5, 5.41) is 11.5. The Morgan fingerprint density at radius 1 is 1.24 bits per heavy atom. The SMILES string of the molecule is Fc1ccc(OC2CCN(Cc3cn[nH]c3-c3ccsc3)CC2)cn1. The number of rotatable bonds is 5. The van der Waals surface area contributed by atoms with E-state index < -0.39 is 5.95 Å². The van der Waals surface area contributed by atoms with Crippen LogP contribution in [0.2, 0.25) is 0 Å². The average Bonchev–Trinajstić information content (AvgIpc) is 3.30. The van der Waals surface area contributed by atoms with E-state index in [-0.39, 0.29) is 6.10 Å². The quantitative estimate of drug-likeness (QED) is 0.707. The molecule has 0 aromatic carbocycles. The summed E-state index contributed by atoms with van der Waals surface area (Å²) < 4.78 is 18.8. The number of pyridine rings is 1. The second-order valence-corrected chi connectivity index (χ2v) is 6.97. The molecular weight excluding hydrogens is 339 g/mol. The lowest BCUT2D eigenvalue weighted by Gasteiger charge is -2.32. The summed E-state index contributed by atoms with van der Waals surface area (Å²) in [6.07, 6.45) is 5.41. The zero-order valence-electron chi connectivity index (χ0n) is 13.7. The Hall–Kier alpha value is -2.25. The summed E-state index contributed by atoms with van der Waals surface area (Å²) in [6, 6.07) is 5.07. The van der Waals surface area contributed by atoms with E-state index in [0.29, 0.717) is 5.75 Å². The largest absolute Gasteiger partial charge is 0.489 e. The van der Waals surface area contributed by atoms with Gasteiger partial charge in [-0.15, -0.1) is 0 Å². The third kappa shape index (κ3) is 3.88. The maximum Gasteiger partial charge on any atom is 0.213 e. The zero-order valence-corrected chi connectivity index (χ0v) is 14.5.